The van der Waals surface area contributed by atoms with Gasteiger partial charge in [0.25, 0.3) is 5.91 Å². The predicted octanol–water partition coefficient (Wildman–Crippen LogP) is 1.78. The second-order valence-electron chi connectivity index (χ2n) is 5.34. The molecule has 1 aromatic carbocycles. The highest BCUT2D eigenvalue weighted by Crippen LogP contribution is 2.20. The molecule has 1 fully saturated rings. The van der Waals surface area contributed by atoms with Gasteiger partial charge in [-0.25, -0.2) is 4.68 Å². The van der Waals surface area contributed by atoms with Gasteiger partial charge in [-0.3, -0.25) is 9.59 Å². The minimum Gasteiger partial charge on any atom is -0.338 e. The van der Waals surface area contributed by atoms with E-state index in [1.54, 1.807) is 0 Å². The maximum absolute atomic E-state index is 12.4. The van der Waals surface area contributed by atoms with Gasteiger partial charge < -0.3 is 4.90 Å². The van der Waals surface area contributed by atoms with Crippen molar-refractivity contribution >= 4 is 17.2 Å². The van der Waals surface area contributed by atoms with E-state index in [0.29, 0.717) is 19.0 Å². The van der Waals surface area contributed by atoms with Crippen LogP contribution in [-0.2, 0) is 6.54 Å². The van der Waals surface area contributed by atoms with E-state index in [1.165, 1.54) is 16.0 Å². The normalized spacial score (nSPS) is 18.1. The van der Waals surface area contributed by atoms with Gasteiger partial charge in [-0.1, -0.05) is 29.5 Å². The summed E-state index contributed by atoms with van der Waals surface area (Å²) in [6, 6.07) is 9.32. The second-order valence-corrected chi connectivity index (χ2v) is 6.49. The zero-order valence-electron chi connectivity index (χ0n) is 11.9. The lowest BCUT2D eigenvalue weighted by Gasteiger charge is -2.16. The molecule has 2 heterocycles. The van der Waals surface area contributed by atoms with Crippen LogP contribution in [0.15, 0.2) is 35.1 Å². The topological polar surface area (TPSA) is 55.2 Å². The largest absolute Gasteiger partial charge is 0.338 e. The van der Waals surface area contributed by atoms with Gasteiger partial charge >= 0.3 is 4.87 Å². The monoisotopic (exact) mass is 303 g/mol. The van der Waals surface area contributed by atoms with E-state index in [-0.39, 0.29) is 10.8 Å². The Balaban J connectivity index is 1.64. The predicted molar refractivity (Wildman–Crippen MR) is 81.6 cm³/mol. The van der Waals surface area contributed by atoms with Crippen molar-refractivity contribution in [3.05, 3.63) is 50.6 Å². The Morgan fingerprint density at radius 2 is 2.14 bits per heavy atom. The van der Waals surface area contributed by atoms with Crippen molar-refractivity contribution in [3.63, 3.8) is 0 Å². The van der Waals surface area contributed by atoms with Gasteiger partial charge in [0.15, 0.2) is 0 Å². The number of carbonyl (C=O) groups excluding carboxylic acids is 1. The molecule has 1 amide bonds. The van der Waals surface area contributed by atoms with Gasteiger partial charge in [-0.15, -0.1) is 0 Å². The molecule has 3 rings (SSSR count). The number of nitrogens with zero attached hydrogens (tertiary/aromatic N) is 3. The molecule has 0 N–H and O–H groups in total. The highest BCUT2D eigenvalue weighted by molar-refractivity contribution is 7.08. The zero-order valence-corrected chi connectivity index (χ0v) is 12.7. The molecular weight excluding hydrogens is 286 g/mol. The summed E-state index contributed by atoms with van der Waals surface area (Å²) in [7, 11) is 0. The standard InChI is InChI=1S/C15H17N3O2S/c1-11-16-18(15(20)21-11)10-12-7-8-17(9-12)14(19)13-5-3-2-4-6-13/h2-6,12H,7-10H2,1H3/t12-/m1/s1. The fourth-order valence-corrected chi connectivity index (χ4v) is 3.31. The highest BCUT2D eigenvalue weighted by Gasteiger charge is 2.27. The molecule has 1 atom stereocenters. The van der Waals surface area contributed by atoms with Crippen molar-refractivity contribution in [2.75, 3.05) is 13.1 Å². The van der Waals surface area contributed by atoms with Crippen LogP contribution in [0.2, 0.25) is 0 Å². The van der Waals surface area contributed by atoms with E-state index >= 15 is 0 Å². The number of aryl methyl sites for hydroxylation is 1. The lowest BCUT2D eigenvalue weighted by molar-refractivity contribution is 0.0785. The van der Waals surface area contributed by atoms with Gasteiger partial charge in [-0.05, 0) is 31.4 Å². The number of amides is 1. The van der Waals surface area contributed by atoms with E-state index in [4.69, 9.17) is 0 Å². The van der Waals surface area contributed by atoms with Gasteiger partial charge in [0, 0.05) is 18.7 Å². The Hall–Kier alpha value is -1.95. The van der Waals surface area contributed by atoms with Crippen LogP contribution in [0.1, 0.15) is 21.8 Å². The quantitative estimate of drug-likeness (QED) is 0.868. The van der Waals surface area contributed by atoms with E-state index in [9.17, 15) is 9.59 Å². The summed E-state index contributed by atoms with van der Waals surface area (Å²) in [6.45, 7) is 3.87. The summed E-state index contributed by atoms with van der Waals surface area (Å²) < 4.78 is 1.53. The van der Waals surface area contributed by atoms with Gasteiger partial charge in [-0.2, -0.15) is 5.10 Å². The summed E-state index contributed by atoms with van der Waals surface area (Å²) in [5.74, 6) is 0.372. The molecule has 0 aliphatic carbocycles. The molecule has 110 valence electrons. The second kappa shape index (κ2) is 5.81. The Bertz CT molecular complexity index is 692. The SMILES string of the molecule is Cc1nn(C[C@@H]2CCN(C(=O)c3ccccc3)C2)c(=O)s1. The van der Waals surface area contributed by atoms with E-state index in [2.05, 4.69) is 5.10 Å². The lowest BCUT2D eigenvalue weighted by atomic mass is 10.1. The molecule has 2 aromatic rings. The van der Waals surface area contributed by atoms with Crippen molar-refractivity contribution < 1.29 is 4.79 Å². The smallest absolute Gasteiger partial charge is 0.325 e. The first-order chi connectivity index (χ1) is 10.1. The van der Waals surface area contributed by atoms with Crippen LogP contribution < -0.4 is 4.87 Å². The van der Waals surface area contributed by atoms with Crippen molar-refractivity contribution in [3.8, 4) is 0 Å². The summed E-state index contributed by atoms with van der Waals surface area (Å²) in [6.07, 6.45) is 0.918. The van der Waals surface area contributed by atoms with Crippen LogP contribution in [0.25, 0.3) is 0 Å². The molecular formula is C15H17N3O2S. The first-order valence-electron chi connectivity index (χ1n) is 7.02. The molecule has 0 saturated carbocycles. The Morgan fingerprint density at radius 1 is 1.38 bits per heavy atom. The lowest BCUT2D eigenvalue weighted by Crippen LogP contribution is -2.30. The van der Waals surface area contributed by atoms with Crippen LogP contribution in [0, 0.1) is 12.8 Å². The minimum atomic E-state index is -0.0136. The summed E-state index contributed by atoms with van der Waals surface area (Å²) in [4.78, 5) is 25.9. The van der Waals surface area contributed by atoms with Crippen molar-refractivity contribution in [2.45, 2.75) is 19.9 Å². The molecule has 1 aromatic heterocycles. The van der Waals surface area contributed by atoms with Gasteiger partial charge in [0.2, 0.25) is 0 Å². The number of likely N-dealkylation sites (tertiary alicyclic amines) is 1. The van der Waals surface area contributed by atoms with Crippen molar-refractivity contribution in [1.82, 2.24) is 14.7 Å². The van der Waals surface area contributed by atoms with Gasteiger partial charge in [0.1, 0.15) is 5.01 Å². The molecule has 5 nitrogen and oxygen atoms in total. The molecule has 0 spiro atoms. The molecule has 6 heteroatoms. The van der Waals surface area contributed by atoms with Crippen LogP contribution in [0.4, 0.5) is 0 Å². The fraction of sp³-hybridized carbons (Fsp3) is 0.400. The number of aromatic nitrogens is 2. The maximum atomic E-state index is 12.4. The van der Waals surface area contributed by atoms with Crippen LogP contribution in [0.5, 0.6) is 0 Å². The average Bonchev–Trinajstić information content (AvgIpc) is 3.07. The molecule has 1 aliphatic heterocycles. The minimum absolute atomic E-state index is 0.0136. The van der Waals surface area contributed by atoms with Crippen LogP contribution >= 0.6 is 11.3 Å². The number of carbonyl (C=O) groups is 1. The van der Waals surface area contributed by atoms with Crippen molar-refractivity contribution in [1.29, 1.82) is 0 Å². The third-order valence-corrected chi connectivity index (χ3v) is 4.49. The molecule has 1 saturated heterocycles. The summed E-state index contributed by atoms with van der Waals surface area (Å²) >= 11 is 1.17. The average molecular weight is 303 g/mol. The molecule has 21 heavy (non-hydrogen) atoms. The highest BCUT2D eigenvalue weighted by atomic mass is 32.1. The van der Waals surface area contributed by atoms with E-state index in [0.717, 1.165) is 23.5 Å². The number of hydrogen-bond acceptors (Lipinski definition) is 4. The Labute approximate surface area is 126 Å². The third kappa shape index (κ3) is 3.05. The van der Waals surface area contributed by atoms with Crippen LogP contribution in [-0.4, -0.2) is 33.7 Å². The van der Waals surface area contributed by atoms with Crippen LogP contribution in [0.3, 0.4) is 0 Å². The maximum Gasteiger partial charge on any atom is 0.325 e. The fourth-order valence-electron chi connectivity index (χ4n) is 2.70. The van der Waals surface area contributed by atoms with E-state index in [1.807, 2.05) is 42.2 Å². The van der Waals surface area contributed by atoms with Crippen molar-refractivity contribution in [2.24, 2.45) is 5.92 Å². The van der Waals surface area contributed by atoms with E-state index < -0.39 is 0 Å². The number of benzene rings is 1. The zero-order chi connectivity index (χ0) is 14.8. The molecule has 0 unspecified atom stereocenters. The summed E-state index contributed by atoms with van der Waals surface area (Å²) in [5, 5.41) is 5.01. The number of hydrogen-bond donors (Lipinski definition) is 0. The summed E-state index contributed by atoms with van der Waals surface area (Å²) in [5.41, 5.74) is 0.722. The van der Waals surface area contributed by atoms with Gasteiger partial charge in [0.05, 0.1) is 6.54 Å². The molecule has 0 radical (unpaired) electrons. The number of rotatable bonds is 3. The molecule has 0 bridgehead atoms. The third-order valence-electron chi connectivity index (χ3n) is 3.73. The Kier molecular flexibility index (Phi) is 3.88. The first kappa shape index (κ1) is 14.0. The molecule has 1 aliphatic rings. The Morgan fingerprint density at radius 3 is 2.81 bits per heavy atom. The first-order valence-corrected chi connectivity index (χ1v) is 7.84.